The zero-order valence-corrected chi connectivity index (χ0v) is 19.3. The lowest BCUT2D eigenvalue weighted by Crippen LogP contribution is -2.51. The van der Waals surface area contributed by atoms with E-state index in [1.807, 2.05) is 31.2 Å². The lowest BCUT2D eigenvalue weighted by Gasteiger charge is -2.31. The third-order valence-corrected chi connectivity index (χ3v) is 6.34. The van der Waals surface area contributed by atoms with Crippen LogP contribution in [-0.2, 0) is 22.6 Å². The van der Waals surface area contributed by atoms with Gasteiger partial charge in [-0.1, -0.05) is 49.6 Å². The molecule has 2 aromatic carbocycles. The van der Waals surface area contributed by atoms with Gasteiger partial charge in [-0.2, -0.15) is 0 Å². The minimum atomic E-state index is -0.657. The van der Waals surface area contributed by atoms with Crippen molar-refractivity contribution in [2.45, 2.75) is 64.1 Å². The maximum Gasteiger partial charge on any atom is 0.243 e. The molecule has 0 unspecified atom stereocenters. The van der Waals surface area contributed by atoms with Crippen molar-refractivity contribution in [3.8, 4) is 5.75 Å². The van der Waals surface area contributed by atoms with Crippen LogP contribution in [0.3, 0.4) is 0 Å². The van der Waals surface area contributed by atoms with Crippen molar-refractivity contribution in [1.82, 2.24) is 10.2 Å². The summed E-state index contributed by atoms with van der Waals surface area (Å²) in [7, 11) is 1.59. The van der Waals surface area contributed by atoms with Crippen molar-refractivity contribution in [1.29, 1.82) is 0 Å². The summed E-state index contributed by atoms with van der Waals surface area (Å²) in [4.78, 5) is 28.0. The van der Waals surface area contributed by atoms with Crippen molar-refractivity contribution in [3.63, 3.8) is 0 Å². The third kappa shape index (κ3) is 6.00. The van der Waals surface area contributed by atoms with Gasteiger partial charge in [-0.25, -0.2) is 4.39 Å². The smallest absolute Gasteiger partial charge is 0.243 e. The number of hydrogen-bond donors (Lipinski definition) is 1. The van der Waals surface area contributed by atoms with Crippen LogP contribution in [0.25, 0.3) is 0 Å². The average Bonchev–Trinajstić information content (AvgIpc) is 3.29. The molecule has 0 heterocycles. The minimum absolute atomic E-state index is 0.143. The Labute approximate surface area is 193 Å². The lowest BCUT2D eigenvalue weighted by molar-refractivity contribution is -0.141. The molecule has 2 aromatic rings. The second-order valence-corrected chi connectivity index (χ2v) is 8.57. The highest BCUT2D eigenvalue weighted by molar-refractivity contribution is 6.31. The molecule has 32 heavy (non-hydrogen) atoms. The summed E-state index contributed by atoms with van der Waals surface area (Å²) in [6.45, 7) is 2.11. The molecule has 0 aromatic heterocycles. The van der Waals surface area contributed by atoms with E-state index in [0.29, 0.717) is 12.2 Å². The summed E-state index contributed by atoms with van der Waals surface area (Å²) < 4.78 is 19.6. The van der Waals surface area contributed by atoms with E-state index in [9.17, 15) is 14.0 Å². The van der Waals surface area contributed by atoms with Gasteiger partial charge in [-0.3, -0.25) is 9.59 Å². The normalized spacial score (nSPS) is 14.8. The Bertz CT molecular complexity index is 909. The number of ether oxygens (including phenoxy) is 1. The van der Waals surface area contributed by atoms with Crippen LogP contribution in [0.1, 0.15) is 50.2 Å². The highest BCUT2D eigenvalue weighted by Gasteiger charge is 2.31. The van der Waals surface area contributed by atoms with Gasteiger partial charge in [0, 0.05) is 23.2 Å². The summed E-state index contributed by atoms with van der Waals surface area (Å²) in [6.07, 6.45) is 4.35. The van der Waals surface area contributed by atoms with Crippen LogP contribution in [-0.4, -0.2) is 35.9 Å². The van der Waals surface area contributed by atoms with E-state index in [-0.39, 0.29) is 41.4 Å². The Morgan fingerprint density at radius 1 is 1.19 bits per heavy atom. The number of rotatable bonds is 9. The molecule has 1 fully saturated rings. The molecule has 1 aliphatic rings. The molecule has 1 saturated carbocycles. The standard InChI is InChI=1S/C25H30ClFN2O3/c1-3-23(25(31)28-18-7-4-5-8-18)29(16-17-11-13-19(32-2)14-12-17)24(30)15-20-21(26)9-6-10-22(20)27/h6,9-14,18,23H,3-5,7-8,15-16H2,1-2H3,(H,28,31)/t23-/m1/s1. The number of hydrogen-bond acceptors (Lipinski definition) is 3. The first-order valence-electron chi connectivity index (χ1n) is 11.1. The molecule has 1 aliphatic carbocycles. The van der Waals surface area contributed by atoms with Crippen LogP contribution < -0.4 is 10.1 Å². The number of nitrogens with zero attached hydrogens (tertiary/aromatic N) is 1. The predicted octanol–water partition coefficient (Wildman–Crippen LogP) is 4.90. The van der Waals surface area contributed by atoms with E-state index in [0.717, 1.165) is 31.2 Å². The van der Waals surface area contributed by atoms with Gasteiger partial charge in [-0.05, 0) is 49.1 Å². The second kappa shape index (κ2) is 11.3. The zero-order valence-electron chi connectivity index (χ0n) is 18.6. The van der Waals surface area contributed by atoms with Gasteiger partial charge >= 0.3 is 0 Å². The Balaban J connectivity index is 1.85. The van der Waals surface area contributed by atoms with Gasteiger partial charge in [0.25, 0.3) is 0 Å². The van der Waals surface area contributed by atoms with E-state index in [4.69, 9.17) is 16.3 Å². The molecule has 3 rings (SSSR count). The van der Waals surface area contributed by atoms with Crippen molar-refractivity contribution in [2.75, 3.05) is 7.11 Å². The number of methoxy groups -OCH3 is 1. The minimum Gasteiger partial charge on any atom is -0.497 e. The molecular weight excluding hydrogens is 431 g/mol. The summed E-state index contributed by atoms with van der Waals surface area (Å²) in [6, 6.07) is 11.2. The Hall–Kier alpha value is -2.60. The van der Waals surface area contributed by atoms with Crippen LogP contribution in [0, 0.1) is 5.82 Å². The monoisotopic (exact) mass is 460 g/mol. The van der Waals surface area contributed by atoms with E-state index in [2.05, 4.69) is 5.32 Å². The van der Waals surface area contributed by atoms with E-state index >= 15 is 0 Å². The van der Waals surface area contributed by atoms with Gasteiger partial charge < -0.3 is 15.0 Å². The van der Waals surface area contributed by atoms with Gasteiger partial charge in [0.05, 0.1) is 13.5 Å². The fourth-order valence-electron chi connectivity index (χ4n) is 4.17. The molecule has 2 amide bonds. The van der Waals surface area contributed by atoms with E-state index < -0.39 is 11.9 Å². The number of amides is 2. The van der Waals surface area contributed by atoms with Gasteiger partial charge in [0.1, 0.15) is 17.6 Å². The lowest BCUT2D eigenvalue weighted by atomic mass is 10.1. The van der Waals surface area contributed by atoms with Crippen molar-refractivity contribution < 1.29 is 18.7 Å². The van der Waals surface area contributed by atoms with Crippen molar-refractivity contribution in [2.24, 2.45) is 0 Å². The highest BCUT2D eigenvalue weighted by Crippen LogP contribution is 2.23. The highest BCUT2D eigenvalue weighted by atomic mass is 35.5. The Morgan fingerprint density at radius 3 is 2.47 bits per heavy atom. The fourth-order valence-corrected chi connectivity index (χ4v) is 4.40. The van der Waals surface area contributed by atoms with Gasteiger partial charge in [-0.15, -0.1) is 0 Å². The van der Waals surface area contributed by atoms with Crippen LogP contribution >= 0.6 is 11.6 Å². The molecule has 0 spiro atoms. The van der Waals surface area contributed by atoms with Crippen LogP contribution in [0.5, 0.6) is 5.75 Å². The topological polar surface area (TPSA) is 58.6 Å². The van der Waals surface area contributed by atoms with E-state index in [1.165, 1.54) is 17.0 Å². The van der Waals surface area contributed by atoms with Crippen molar-refractivity contribution in [3.05, 3.63) is 64.4 Å². The first-order valence-corrected chi connectivity index (χ1v) is 11.5. The molecule has 5 nitrogen and oxygen atoms in total. The van der Waals surface area contributed by atoms with Crippen LogP contribution in [0.15, 0.2) is 42.5 Å². The molecule has 1 N–H and O–H groups in total. The first-order chi connectivity index (χ1) is 15.4. The summed E-state index contributed by atoms with van der Waals surface area (Å²) in [5, 5.41) is 3.30. The average molecular weight is 461 g/mol. The third-order valence-electron chi connectivity index (χ3n) is 5.99. The largest absolute Gasteiger partial charge is 0.497 e. The van der Waals surface area contributed by atoms with Crippen LogP contribution in [0.4, 0.5) is 4.39 Å². The Kier molecular flexibility index (Phi) is 8.51. The van der Waals surface area contributed by atoms with Crippen molar-refractivity contribution >= 4 is 23.4 Å². The molecule has 1 atom stereocenters. The predicted molar refractivity (Wildman–Crippen MR) is 123 cm³/mol. The molecule has 172 valence electrons. The molecule has 0 radical (unpaired) electrons. The number of benzene rings is 2. The quantitative estimate of drug-likeness (QED) is 0.579. The molecule has 0 aliphatic heterocycles. The summed E-state index contributed by atoms with van der Waals surface area (Å²) in [5.41, 5.74) is 0.996. The zero-order chi connectivity index (χ0) is 23.1. The van der Waals surface area contributed by atoms with Gasteiger partial charge in [0.2, 0.25) is 11.8 Å². The van der Waals surface area contributed by atoms with E-state index in [1.54, 1.807) is 13.2 Å². The number of nitrogens with one attached hydrogen (secondary N) is 1. The number of carbonyl (C=O) groups excluding carboxylic acids is 2. The Morgan fingerprint density at radius 2 is 1.88 bits per heavy atom. The maximum atomic E-state index is 14.3. The number of halogens is 2. The summed E-state index contributed by atoms with van der Waals surface area (Å²) in [5.74, 6) is -0.336. The molecule has 7 heteroatoms. The van der Waals surface area contributed by atoms with Crippen LogP contribution in [0.2, 0.25) is 5.02 Å². The molecular formula is C25H30ClFN2O3. The summed E-state index contributed by atoms with van der Waals surface area (Å²) >= 11 is 6.16. The second-order valence-electron chi connectivity index (χ2n) is 8.16. The number of carbonyl (C=O) groups is 2. The molecule has 0 saturated heterocycles. The maximum absolute atomic E-state index is 14.3. The fraction of sp³-hybridized carbons (Fsp3) is 0.440. The molecule has 0 bridgehead atoms. The SMILES string of the molecule is CC[C@H](C(=O)NC1CCCC1)N(Cc1ccc(OC)cc1)C(=O)Cc1c(F)cccc1Cl. The van der Waals surface area contributed by atoms with Gasteiger partial charge in [0.15, 0.2) is 0 Å². The first kappa shape index (κ1) is 24.1.